The predicted molar refractivity (Wildman–Crippen MR) is 62.5 cm³/mol. The van der Waals surface area contributed by atoms with Crippen molar-refractivity contribution in [1.29, 1.82) is 0 Å². The molecule has 0 radical (unpaired) electrons. The summed E-state index contributed by atoms with van der Waals surface area (Å²) in [6.07, 6.45) is 0.433. The molecule has 0 unspecified atom stereocenters. The lowest BCUT2D eigenvalue weighted by Gasteiger charge is -2.45. The standard InChI is InChI=1S/C13H20O4/c1-7-5-9(15)6-12(3,4)13(7,16)11-10(17-11)8(2)14/h5,8,10-11,14,16H,6H2,1-4H3/t8-,10+,11-,13+/m1/s1. The molecule has 0 bridgehead atoms. The van der Waals surface area contributed by atoms with E-state index < -0.39 is 23.2 Å². The summed E-state index contributed by atoms with van der Waals surface area (Å²) in [5.74, 6) is 0.0337. The van der Waals surface area contributed by atoms with Crippen LogP contribution in [0, 0.1) is 5.41 Å². The van der Waals surface area contributed by atoms with E-state index in [2.05, 4.69) is 0 Å². The van der Waals surface area contributed by atoms with Crippen LogP contribution in [-0.2, 0) is 9.53 Å². The minimum Gasteiger partial charge on any atom is -0.391 e. The van der Waals surface area contributed by atoms with Gasteiger partial charge in [-0.25, -0.2) is 0 Å². The van der Waals surface area contributed by atoms with Gasteiger partial charge in [-0.15, -0.1) is 0 Å². The molecule has 0 spiro atoms. The van der Waals surface area contributed by atoms with Crippen molar-refractivity contribution in [2.24, 2.45) is 5.41 Å². The van der Waals surface area contributed by atoms with Gasteiger partial charge in [0.15, 0.2) is 5.78 Å². The Balaban J connectivity index is 2.35. The average Bonchev–Trinajstić information content (AvgIpc) is 2.92. The molecule has 4 nitrogen and oxygen atoms in total. The van der Waals surface area contributed by atoms with E-state index in [1.165, 1.54) is 6.08 Å². The Hall–Kier alpha value is -0.710. The van der Waals surface area contributed by atoms with E-state index in [0.717, 1.165) is 0 Å². The summed E-state index contributed by atoms with van der Waals surface area (Å²) in [7, 11) is 0. The summed E-state index contributed by atoms with van der Waals surface area (Å²) in [5.41, 5.74) is -1.10. The zero-order valence-electron chi connectivity index (χ0n) is 10.7. The van der Waals surface area contributed by atoms with Crippen molar-refractivity contribution < 1.29 is 19.7 Å². The average molecular weight is 240 g/mol. The molecule has 0 saturated carbocycles. The lowest BCUT2D eigenvalue weighted by molar-refractivity contribution is -0.125. The Morgan fingerprint density at radius 1 is 1.53 bits per heavy atom. The van der Waals surface area contributed by atoms with E-state index in [9.17, 15) is 15.0 Å². The molecule has 2 N–H and O–H groups in total. The molecule has 4 heteroatoms. The van der Waals surface area contributed by atoms with Crippen LogP contribution < -0.4 is 0 Å². The van der Waals surface area contributed by atoms with E-state index in [4.69, 9.17) is 4.74 Å². The van der Waals surface area contributed by atoms with Gasteiger partial charge in [-0.2, -0.15) is 0 Å². The smallest absolute Gasteiger partial charge is 0.156 e. The molecule has 0 aromatic rings. The highest BCUT2D eigenvalue weighted by atomic mass is 16.6. The van der Waals surface area contributed by atoms with Crippen LogP contribution in [-0.4, -0.2) is 39.9 Å². The summed E-state index contributed by atoms with van der Waals surface area (Å²) in [6.45, 7) is 7.12. The third kappa shape index (κ3) is 1.75. The lowest BCUT2D eigenvalue weighted by Crippen LogP contribution is -2.54. The van der Waals surface area contributed by atoms with Crippen LogP contribution in [0.5, 0.6) is 0 Å². The fourth-order valence-electron chi connectivity index (χ4n) is 2.94. The van der Waals surface area contributed by atoms with Crippen LogP contribution >= 0.6 is 0 Å². The molecule has 4 atom stereocenters. The highest BCUT2D eigenvalue weighted by Crippen LogP contribution is 2.52. The largest absolute Gasteiger partial charge is 0.391 e. The molecule has 2 rings (SSSR count). The fraction of sp³-hybridized carbons (Fsp3) is 0.769. The van der Waals surface area contributed by atoms with Crippen molar-refractivity contribution in [3.63, 3.8) is 0 Å². The first-order chi connectivity index (χ1) is 7.70. The Labute approximate surface area is 101 Å². The van der Waals surface area contributed by atoms with Gasteiger partial charge in [0.2, 0.25) is 0 Å². The summed E-state index contributed by atoms with van der Waals surface area (Å²) >= 11 is 0. The fourth-order valence-corrected chi connectivity index (χ4v) is 2.94. The second-order valence-corrected chi connectivity index (χ2v) is 5.88. The number of carbonyl (C=O) groups excluding carboxylic acids is 1. The van der Waals surface area contributed by atoms with Crippen LogP contribution in [0.2, 0.25) is 0 Å². The number of ketones is 1. The van der Waals surface area contributed by atoms with E-state index >= 15 is 0 Å². The molecule has 0 amide bonds. The van der Waals surface area contributed by atoms with Gasteiger partial charge in [0.25, 0.3) is 0 Å². The van der Waals surface area contributed by atoms with Gasteiger partial charge in [-0.05, 0) is 25.5 Å². The van der Waals surface area contributed by atoms with Crippen LogP contribution in [0.25, 0.3) is 0 Å². The van der Waals surface area contributed by atoms with Gasteiger partial charge >= 0.3 is 0 Å². The zero-order valence-corrected chi connectivity index (χ0v) is 10.7. The van der Waals surface area contributed by atoms with Crippen LogP contribution in [0.1, 0.15) is 34.1 Å². The number of epoxide rings is 1. The third-order valence-electron chi connectivity index (χ3n) is 4.04. The summed E-state index contributed by atoms with van der Waals surface area (Å²) in [5, 5.41) is 20.4. The lowest BCUT2D eigenvalue weighted by atomic mass is 9.62. The Bertz CT molecular complexity index is 383. The van der Waals surface area contributed by atoms with E-state index in [1.807, 2.05) is 13.8 Å². The van der Waals surface area contributed by atoms with Crippen molar-refractivity contribution >= 4 is 5.78 Å². The highest BCUT2D eigenvalue weighted by molar-refractivity contribution is 5.92. The number of rotatable bonds is 2. The van der Waals surface area contributed by atoms with Crippen LogP contribution in [0.3, 0.4) is 0 Å². The van der Waals surface area contributed by atoms with Crippen LogP contribution in [0.4, 0.5) is 0 Å². The molecule has 0 aromatic carbocycles. The van der Waals surface area contributed by atoms with Crippen molar-refractivity contribution in [1.82, 2.24) is 0 Å². The van der Waals surface area contributed by atoms with E-state index in [-0.39, 0.29) is 11.9 Å². The monoisotopic (exact) mass is 240 g/mol. The molecule has 96 valence electrons. The van der Waals surface area contributed by atoms with Crippen molar-refractivity contribution in [3.05, 3.63) is 11.6 Å². The Morgan fingerprint density at radius 3 is 2.53 bits per heavy atom. The minimum absolute atomic E-state index is 0.0337. The molecule has 1 fully saturated rings. The van der Waals surface area contributed by atoms with E-state index in [0.29, 0.717) is 12.0 Å². The minimum atomic E-state index is -1.16. The third-order valence-corrected chi connectivity index (χ3v) is 4.04. The number of aliphatic hydroxyl groups is 2. The number of carbonyl (C=O) groups is 1. The molecular weight excluding hydrogens is 220 g/mol. The number of aliphatic hydroxyl groups excluding tert-OH is 1. The summed E-state index contributed by atoms with van der Waals surface area (Å²) < 4.78 is 5.41. The molecule has 2 aliphatic rings. The highest BCUT2D eigenvalue weighted by Gasteiger charge is 2.64. The maximum atomic E-state index is 11.6. The first-order valence-corrected chi connectivity index (χ1v) is 5.97. The number of hydrogen-bond donors (Lipinski definition) is 2. The maximum Gasteiger partial charge on any atom is 0.156 e. The SMILES string of the molecule is CC1=CC(=O)CC(C)(C)[C@@]1(O)[C@@H]1O[C@H]1[C@@H](C)O. The van der Waals surface area contributed by atoms with Gasteiger partial charge in [-0.3, -0.25) is 4.79 Å². The second kappa shape index (κ2) is 3.64. The summed E-state index contributed by atoms with van der Waals surface area (Å²) in [4.78, 5) is 11.6. The predicted octanol–water partition coefficient (Wildman–Crippen LogP) is 0.811. The van der Waals surface area contributed by atoms with Crippen molar-refractivity contribution in [2.45, 2.75) is 58.0 Å². The molecule has 1 aliphatic heterocycles. The van der Waals surface area contributed by atoms with Gasteiger partial charge in [-0.1, -0.05) is 13.8 Å². The molecule has 1 heterocycles. The van der Waals surface area contributed by atoms with Crippen LogP contribution in [0.15, 0.2) is 11.6 Å². The number of allylic oxidation sites excluding steroid dienone is 1. The topological polar surface area (TPSA) is 70.1 Å². The number of hydrogen-bond acceptors (Lipinski definition) is 4. The molecule has 1 saturated heterocycles. The summed E-state index contributed by atoms with van der Waals surface area (Å²) in [6, 6.07) is 0. The van der Waals surface area contributed by atoms with E-state index in [1.54, 1.807) is 13.8 Å². The molecule has 0 aromatic heterocycles. The molecular formula is C13H20O4. The number of ether oxygens (including phenoxy) is 1. The first-order valence-electron chi connectivity index (χ1n) is 5.97. The quantitative estimate of drug-likeness (QED) is 0.701. The van der Waals surface area contributed by atoms with Gasteiger partial charge in [0.1, 0.15) is 17.8 Å². The Morgan fingerprint density at radius 2 is 2.12 bits per heavy atom. The van der Waals surface area contributed by atoms with Gasteiger partial charge in [0.05, 0.1) is 6.10 Å². The first kappa shape index (κ1) is 12.7. The van der Waals surface area contributed by atoms with Gasteiger partial charge in [0, 0.05) is 11.8 Å². The zero-order chi connectivity index (χ0) is 13.0. The molecule has 17 heavy (non-hydrogen) atoms. The van der Waals surface area contributed by atoms with Crippen molar-refractivity contribution in [2.75, 3.05) is 0 Å². The van der Waals surface area contributed by atoms with Gasteiger partial charge < -0.3 is 14.9 Å². The maximum absolute atomic E-state index is 11.6. The van der Waals surface area contributed by atoms with Crippen molar-refractivity contribution in [3.8, 4) is 0 Å². The Kier molecular flexibility index (Phi) is 2.73. The second-order valence-electron chi connectivity index (χ2n) is 5.88. The molecule has 1 aliphatic carbocycles. The normalized spacial score (nSPS) is 42.0.